The number of phosphoric acid groups is 1. The first kappa shape index (κ1) is 74.8. The Labute approximate surface area is 485 Å². The number of hydrogen-bond donors (Lipinski definition) is 2. The molecular formula is C68H105O11P. The SMILES string of the molecule is CC/C=C\C/C=C\C/C=C\C/C=C\C/C=C\CCCCCC(=O)OCC(COP(=O)(O)OCC(CO)OC(=O)CCCCCC/C=C\C/C=C\C/C=C\C/C=C\CC)OC(=O)CCC/C=C\C/C=C\C/C=C\C/C=C\C/C=C\CC. The van der Waals surface area contributed by atoms with Crippen LogP contribution in [0.4, 0.5) is 0 Å². The van der Waals surface area contributed by atoms with Gasteiger partial charge < -0.3 is 24.2 Å². The molecule has 12 heteroatoms. The molecule has 0 aromatic heterocycles. The summed E-state index contributed by atoms with van der Waals surface area (Å²) < 4.78 is 39.5. The lowest BCUT2D eigenvalue weighted by Crippen LogP contribution is -2.30. The fraction of sp³-hybridized carbons (Fsp3) is 0.544. The predicted molar refractivity (Wildman–Crippen MR) is 334 cm³/mol. The molecule has 0 saturated carbocycles. The van der Waals surface area contributed by atoms with E-state index in [0.717, 1.165) is 135 Å². The molecule has 0 radical (unpaired) electrons. The zero-order chi connectivity index (χ0) is 58.3. The van der Waals surface area contributed by atoms with Crippen LogP contribution in [0.1, 0.15) is 201 Å². The molecule has 80 heavy (non-hydrogen) atoms. The second-order valence-electron chi connectivity index (χ2n) is 19.0. The Bertz CT molecular complexity index is 1990. The molecule has 0 amide bonds. The highest BCUT2D eigenvalue weighted by atomic mass is 31.2. The summed E-state index contributed by atoms with van der Waals surface area (Å²) in [4.78, 5) is 48.6. The highest BCUT2D eigenvalue weighted by Crippen LogP contribution is 2.43. The van der Waals surface area contributed by atoms with E-state index in [2.05, 4.69) is 179 Å². The van der Waals surface area contributed by atoms with Crippen molar-refractivity contribution in [3.63, 3.8) is 0 Å². The minimum absolute atomic E-state index is 0.0690. The minimum Gasteiger partial charge on any atom is -0.462 e. The lowest BCUT2D eigenvalue weighted by Gasteiger charge is -2.21. The van der Waals surface area contributed by atoms with E-state index in [1.165, 1.54) is 0 Å². The molecule has 0 spiro atoms. The Hall–Kier alpha value is -5.16. The van der Waals surface area contributed by atoms with Gasteiger partial charge in [-0.2, -0.15) is 0 Å². The van der Waals surface area contributed by atoms with E-state index in [0.29, 0.717) is 25.7 Å². The van der Waals surface area contributed by atoms with Crippen LogP contribution in [0.25, 0.3) is 0 Å². The maximum atomic E-state index is 12.9. The van der Waals surface area contributed by atoms with Gasteiger partial charge in [-0.3, -0.25) is 23.4 Å². The molecule has 11 nitrogen and oxygen atoms in total. The normalized spacial score (nSPS) is 14.5. The molecule has 3 atom stereocenters. The van der Waals surface area contributed by atoms with E-state index in [-0.39, 0.29) is 25.9 Å². The molecule has 0 bridgehead atoms. The van der Waals surface area contributed by atoms with E-state index >= 15 is 0 Å². The third-order valence-electron chi connectivity index (χ3n) is 11.6. The largest absolute Gasteiger partial charge is 0.472 e. The Balaban J connectivity index is 4.91. The second kappa shape index (κ2) is 59.9. The maximum absolute atomic E-state index is 12.9. The minimum atomic E-state index is -4.80. The van der Waals surface area contributed by atoms with Crippen LogP contribution < -0.4 is 0 Å². The molecule has 2 N–H and O–H groups in total. The number of phosphoric ester groups is 1. The van der Waals surface area contributed by atoms with Gasteiger partial charge in [0.15, 0.2) is 6.10 Å². The van der Waals surface area contributed by atoms with Crippen molar-refractivity contribution in [2.45, 2.75) is 213 Å². The molecule has 0 aromatic carbocycles. The average molecular weight is 1130 g/mol. The number of carbonyl (C=O) groups excluding carboxylic acids is 3. The summed E-state index contributed by atoms with van der Waals surface area (Å²) in [6, 6.07) is 0. The van der Waals surface area contributed by atoms with Gasteiger partial charge in [-0.1, -0.05) is 210 Å². The Morgan fingerprint density at radius 2 is 0.625 bits per heavy atom. The molecule has 0 aliphatic rings. The van der Waals surface area contributed by atoms with Gasteiger partial charge in [-0.05, 0) is 141 Å². The predicted octanol–water partition coefficient (Wildman–Crippen LogP) is 18.2. The third-order valence-corrected chi connectivity index (χ3v) is 12.6. The first-order valence-corrected chi connectivity index (χ1v) is 31.5. The monoisotopic (exact) mass is 1130 g/mol. The van der Waals surface area contributed by atoms with Crippen LogP contribution in [0.15, 0.2) is 170 Å². The fourth-order valence-corrected chi connectivity index (χ4v) is 7.96. The first-order valence-electron chi connectivity index (χ1n) is 30.0. The van der Waals surface area contributed by atoms with Gasteiger partial charge in [0.1, 0.15) is 12.7 Å². The summed E-state index contributed by atoms with van der Waals surface area (Å²) in [6.45, 7) is 4.15. The zero-order valence-corrected chi connectivity index (χ0v) is 50.4. The summed E-state index contributed by atoms with van der Waals surface area (Å²) in [7, 11) is -4.80. The highest BCUT2D eigenvalue weighted by Gasteiger charge is 2.28. The van der Waals surface area contributed by atoms with Crippen LogP contribution in [-0.4, -0.2) is 66.5 Å². The van der Waals surface area contributed by atoms with Crippen molar-refractivity contribution < 1.29 is 52.2 Å². The summed E-state index contributed by atoms with van der Waals surface area (Å²) >= 11 is 0. The van der Waals surface area contributed by atoms with Gasteiger partial charge in [0.25, 0.3) is 0 Å². The van der Waals surface area contributed by atoms with Gasteiger partial charge in [-0.15, -0.1) is 0 Å². The highest BCUT2D eigenvalue weighted by molar-refractivity contribution is 7.47. The Kier molecular flexibility index (Phi) is 56.1. The fourth-order valence-electron chi connectivity index (χ4n) is 7.17. The average Bonchev–Trinajstić information content (AvgIpc) is 3.45. The van der Waals surface area contributed by atoms with Crippen molar-refractivity contribution in [2.75, 3.05) is 26.4 Å². The van der Waals surface area contributed by atoms with E-state index in [1.807, 2.05) is 12.2 Å². The number of esters is 3. The van der Waals surface area contributed by atoms with Crippen molar-refractivity contribution in [1.82, 2.24) is 0 Å². The standard InChI is InChI=1S/C68H105O11P/c1-4-7-10-13-16-19-22-25-28-31-32-35-36-39-42-45-48-51-54-57-66(70)75-61-65(79-68(72)59-56-53-50-47-44-41-38-34-30-27-24-21-18-15-12-9-6-3)63-77-80(73,74)76-62-64(60-69)78-67(71)58-55-52-49-46-43-40-37-33-29-26-23-20-17-14-11-8-5-2/h7-12,16-21,25-30,32,35,37-42,47,50,64-65,69H,4-6,13-15,22-24,31,33-34,36,43-46,48-49,51-63H2,1-3H3,(H,73,74)/b10-7-,11-8-,12-9-,19-16-,20-17-,21-18-,28-25-,29-26-,30-27-,35-32-,40-37-,41-38-,42-39-,50-47-. The van der Waals surface area contributed by atoms with Crippen molar-refractivity contribution in [1.29, 1.82) is 0 Å². The summed E-state index contributed by atoms with van der Waals surface area (Å²) in [6.07, 6.45) is 80.3. The molecule has 0 saturated heterocycles. The number of rotatable bonds is 53. The quantitative estimate of drug-likeness (QED) is 0.0197. The number of unbranched alkanes of at least 4 members (excludes halogenated alkanes) is 8. The smallest absolute Gasteiger partial charge is 0.462 e. The summed E-state index contributed by atoms with van der Waals surface area (Å²) in [5.74, 6) is -1.62. The van der Waals surface area contributed by atoms with Gasteiger partial charge in [-0.25, -0.2) is 4.57 Å². The summed E-state index contributed by atoms with van der Waals surface area (Å²) in [5.41, 5.74) is 0. The lowest BCUT2D eigenvalue weighted by molar-refractivity contribution is -0.161. The van der Waals surface area contributed by atoms with Crippen molar-refractivity contribution >= 4 is 25.7 Å². The van der Waals surface area contributed by atoms with Crippen LogP contribution in [0.2, 0.25) is 0 Å². The third kappa shape index (κ3) is 57.5. The van der Waals surface area contributed by atoms with E-state index in [4.69, 9.17) is 23.3 Å². The zero-order valence-electron chi connectivity index (χ0n) is 49.5. The van der Waals surface area contributed by atoms with Gasteiger partial charge in [0.05, 0.1) is 19.8 Å². The number of aliphatic hydroxyl groups is 1. The molecule has 3 unspecified atom stereocenters. The van der Waals surface area contributed by atoms with Crippen molar-refractivity contribution in [3.8, 4) is 0 Å². The van der Waals surface area contributed by atoms with Crippen LogP contribution >= 0.6 is 7.82 Å². The molecule has 0 aliphatic carbocycles. The number of carbonyl (C=O) groups is 3. The van der Waals surface area contributed by atoms with Gasteiger partial charge in [0, 0.05) is 19.3 Å². The molecule has 0 heterocycles. The van der Waals surface area contributed by atoms with Crippen molar-refractivity contribution in [2.24, 2.45) is 0 Å². The molecule has 0 fully saturated rings. The lowest BCUT2D eigenvalue weighted by atomic mass is 10.1. The molecule has 448 valence electrons. The van der Waals surface area contributed by atoms with Crippen LogP contribution in [0.5, 0.6) is 0 Å². The Morgan fingerprint density at radius 1 is 0.350 bits per heavy atom. The molecular weight excluding hydrogens is 1020 g/mol. The first-order chi connectivity index (χ1) is 39.2. The van der Waals surface area contributed by atoms with Crippen LogP contribution in [0, 0.1) is 0 Å². The molecule has 0 rings (SSSR count). The van der Waals surface area contributed by atoms with Crippen molar-refractivity contribution in [3.05, 3.63) is 170 Å². The Morgan fingerprint density at radius 3 is 0.988 bits per heavy atom. The topological polar surface area (TPSA) is 155 Å². The molecule has 0 aliphatic heterocycles. The summed E-state index contributed by atoms with van der Waals surface area (Å²) in [5, 5.41) is 9.84. The number of hydrogen-bond acceptors (Lipinski definition) is 10. The van der Waals surface area contributed by atoms with Gasteiger partial charge >= 0.3 is 25.7 Å². The van der Waals surface area contributed by atoms with E-state index < -0.39 is 57.8 Å². The molecule has 0 aromatic rings. The number of ether oxygens (including phenoxy) is 3. The van der Waals surface area contributed by atoms with Crippen LogP contribution in [0.3, 0.4) is 0 Å². The number of aliphatic hydroxyl groups excluding tert-OH is 1. The second-order valence-corrected chi connectivity index (χ2v) is 20.5. The van der Waals surface area contributed by atoms with Crippen LogP contribution in [-0.2, 0) is 42.2 Å². The number of allylic oxidation sites excluding steroid dienone is 28. The maximum Gasteiger partial charge on any atom is 0.472 e. The van der Waals surface area contributed by atoms with Gasteiger partial charge in [0.2, 0.25) is 0 Å². The van der Waals surface area contributed by atoms with E-state index in [1.54, 1.807) is 0 Å². The van der Waals surface area contributed by atoms with E-state index in [9.17, 15) is 28.9 Å².